The molecule has 0 atom stereocenters. The van der Waals surface area contributed by atoms with Crippen LogP contribution in [0.1, 0.15) is 29.3 Å². The Kier molecular flexibility index (Phi) is 5.04. The summed E-state index contributed by atoms with van der Waals surface area (Å²) in [6.45, 7) is 2.30. The summed E-state index contributed by atoms with van der Waals surface area (Å²) in [5, 5.41) is 5.60. The Bertz CT molecular complexity index is 609. The number of nitrogens with one attached hydrogen (secondary N) is 2. The first-order valence-corrected chi connectivity index (χ1v) is 6.76. The maximum absolute atomic E-state index is 11.9. The van der Waals surface area contributed by atoms with Gasteiger partial charge >= 0.3 is 0 Å². The zero-order chi connectivity index (χ0) is 15.1. The third-order valence-corrected chi connectivity index (χ3v) is 2.95. The molecule has 2 rings (SSSR count). The number of aromatic nitrogens is 1. The van der Waals surface area contributed by atoms with Crippen molar-refractivity contribution >= 4 is 17.5 Å². The molecule has 2 N–H and O–H groups in total. The summed E-state index contributed by atoms with van der Waals surface area (Å²) in [5.41, 5.74) is 2.20. The molecule has 2 aromatic rings. The first-order valence-electron chi connectivity index (χ1n) is 6.76. The smallest absolute Gasteiger partial charge is 0.257 e. The molecule has 5 nitrogen and oxygen atoms in total. The molecule has 0 aliphatic rings. The van der Waals surface area contributed by atoms with Gasteiger partial charge < -0.3 is 10.6 Å². The van der Waals surface area contributed by atoms with Gasteiger partial charge in [0.1, 0.15) is 0 Å². The Hall–Kier alpha value is -2.69. The second-order valence-electron chi connectivity index (χ2n) is 4.52. The van der Waals surface area contributed by atoms with Crippen molar-refractivity contribution < 1.29 is 9.59 Å². The van der Waals surface area contributed by atoms with Crippen molar-refractivity contribution in [2.45, 2.75) is 19.9 Å². The first-order chi connectivity index (χ1) is 10.2. The standard InChI is InChI=1S/C16H17N3O2/c1-2-15(20)18-10-12-5-7-14(8-6-12)19-16(21)13-4-3-9-17-11-13/h3-9,11H,2,10H2,1H3,(H,18,20)(H,19,21). The number of benzene rings is 1. The van der Waals surface area contributed by atoms with Crippen LogP contribution in [0.2, 0.25) is 0 Å². The van der Waals surface area contributed by atoms with Gasteiger partial charge in [0, 0.05) is 31.0 Å². The zero-order valence-electron chi connectivity index (χ0n) is 11.8. The van der Waals surface area contributed by atoms with Crippen LogP contribution >= 0.6 is 0 Å². The molecule has 0 bridgehead atoms. The van der Waals surface area contributed by atoms with Crippen LogP contribution in [-0.4, -0.2) is 16.8 Å². The van der Waals surface area contributed by atoms with Crippen LogP contribution in [0.3, 0.4) is 0 Å². The molecule has 0 unspecified atom stereocenters. The summed E-state index contributed by atoms with van der Waals surface area (Å²) in [6, 6.07) is 10.8. The monoisotopic (exact) mass is 283 g/mol. The van der Waals surface area contributed by atoms with Crippen LogP contribution in [0.15, 0.2) is 48.8 Å². The highest BCUT2D eigenvalue weighted by atomic mass is 16.2. The summed E-state index contributed by atoms with van der Waals surface area (Å²) in [4.78, 5) is 27.0. The Morgan fingerprint density at radius 2 is 1.90 bits per heavy atom. The van der Waals surface area contributed by atoms with Gasteiger partial charge in [-0.05, 0) is 29.8 Å². The largest absolute Gasteiger partial charge is 0.352 e. The average Bonchev–Trinajstić information content (AvgIpc) is 2.54. The summed E-state index contributed by atoms with van der Waals surface area (Å²) in [5.74, 6) is -0.181. The molecule has 0 saturated heterocycles. The first kappa shape index (κ1) is 14.7. The normalized spacial score (nSPS) is 9.95. The van der Waals surface area contributed by atoms with Gasteiger partial charge in [0.2, 0.25) is 5.91 Å². The number of hydrogen-bond acceptors (Lipinski definition) is 3. The highest BCUT2D eigenvalue weighted by Gasteiger charge is 2.05. The Morgan fingerprint density at radius 1 is 1.14 bits per heavy atom. The minimum Gasteiger partial charge on any atom is -0.352 e. The fourth-order valence-corrected chi connectivity index (χ4v) is 1.73. The molecule has 1 aromatic heterocycles. The van der Waals surface area contributed by atoms with Crippen LogP contribution in [0.25, 0.3) is 0 Å². The molecule has 2 amide bonds. The number of nitrogens with zero attached hydrogens (tertiary/aromatic N) is 1. The molecule has 0 spiro atoms. The number of amides is 2. The number of hydrogen-bond donors (Lipinski definition) is 2. The molecule has 0 fully saturated rings. The van der Waals surface area contributed by atoms with E-state index in [-0.39, 0.29) is 11.8 Å². The molecule has 0 aliphatic carbocycles. The zero-order valence-corrected chi connectivity index (χ0v) is 11.8. The minimum absolute atomic E-state index is 0.0176. The molecule has 0 aliphatic heterocycles. The van der Waals surface area contributed by atoms with E-state index in [1.54, 1.807) is 18.3 Å². The third-order valence-electron chi connectivity index (χ3n) is 2.95. The molecule has 1 aromatic carbocycles. The van der Waals surface area contributed by atoms with E-state index in [4.69, 9.17) is 0 Å². The summed E-state index contributed by atoms with van der Waals surface area (Å²) >= 11 is 0. The van der Waals surface area contributed by atoms with Crippen LogP contribution in [-0.2, 0) is 11.3 Å². The molecule has 1 heterocycles. The van der Waals surface area contributed by atoms with E-state index >= 15 is 0 Å². The molecule has 5 heteroatoms. The van der Waals surface area contributed by atoms with Crippen molar-refractivity contribution in [1.82, 2.24) is 10.3 Å². The number of carbonyl (C=O) groups excluding carboxylic acids is 2. The molecule has 0 saturated carbocycles. The predicted octanol–water partition coefficient (Wildman–Crippen LogP) is 2.36. The van der Waals surface area contributed by atoms with Crippen LogP contribution in [0, 0.1) is 0 Å². The van der Waals surface area contributed by atoms with Gasteiger partial charge in [-0.1, -0.05) is 19.1 Å². The van der Waals surface area contributed by atoms with Gasteiger partial charge in [0.25, 0.3) is 5.91 Å². The van der Waals surface area contributed by atoms with Crippen molar-refractivity contribution in [3.05, 3.63) is 59.9 Å². The Labute approximate surface area is 123 Å². The second kappa shape index (κ2) is 7.19. The van der Waals surface area contributed by atoms with E-state index in [1.165, 1.54) is 6.20 Å². The lowest BCUT2D eigenvalue weighted by Gasteiger charge is -2.07. The fraction of sp³-hybridized carbons (Fsp3) is 0.188. The Balaban J connectivity index is 1.93. The highest BCUT2D eigenvalue weighted by molar-refractivity contribution is 6.03. The third kappa shape index (κ3) is 4.42. The van der Waals surface area contributed by atoms with Crippen molar-refractivity contribution in [2.24, 2.45) is 0 Å². The second-order valence-corrected chi connectivity index (χ2v) is 4.52. The average molecular weight is 283 g/mol. The molecular formula is C16H17N3O2. The highest BCUT2D eigenvalue weighted by Crippen LogP contribution is 2.11. The summed E-state index contributed by atoms with van der Waals surface area (Å²) < 4.78 is 0. The van der Waals surface area contributed by atoms with E-state index in [0.717, 1.165) is 5.56 Å². The van der Waals surface area contributed by atoms with E-state index in [9.17, 15) is 9.59 Å². The molecule has 0 radical (unpaired) electrons. The van der Waals surface area contributed by atoms with Crippen molar-refractivity contribution in [1.29, 1.82) is 0 Å². The van der Waals surface area contributed by atoms with E-state index < -0.39 is 0 Å². The Morgan fingerprint density at radius 3 is 2.52 bits per heavy atom. The van der Waals surface area contributed by atoms with Gasteiger partial charge in [0.05, 0.1) is 5.56 Å². The van der Waals surface area contributed by atoms with Crippen molar-refractivity contribution in [3.63, 3.8) is 0 Å². The van der Waals surface area contributed by atoms with E-state index in [0.29, 0.717) is 24.2 Å². The molecule has 108 valence electrons. The van der Waals surface area contributed by atoms with Gasteiger partial charge in [-0.25, -0.2) is 0 Å². The van der Waals surface area contributed by atoms with Crippen LogP contribution in [0.4, 0.5) is 5.69 Å². The van der Waals surface area contributed by atoms with Gasteiger partial charge in [-0.2, -0.15) is 0 Å². The van der Waals surface area contributed by atoms with Crippen LogP contribution in [0.5, 0.6) is 0 Å². The molecule has 21 heavy (non-hydrogen) atoms. The molecular weight excluding hydrogens is 266 g/mol. The number of anilines is 1. The number of carbonyl (C=O) groups is 2. The number of pyridine rings is 1. The van der Waals surface area contributed by atoms with Crippen molar-refractivity contribution in [2.75, 3.05) is 5.32 Å². The summed E-state index contributed by atoms with van der Waals surface area (Å²) in [7, 11) is 0. The van der Waals surface area contributed by atoms with Gasteiger partial charge in [0.15, 0.2) is 0 Å². The van der Waals surface area contributed by atoms with Crippen LogP contribution < -0.4 is 10.6 Å². The quantitative estimate of drug-likeness (QED) is 0.885. The fourth-order valence-electron chi connectivity index (χ4n) is 1.73. The van der Waals surface area contributed by atoms with E-state index in [2.05, 4.69) is 15.6 Å². The lowest BCUT2D eigenvalue weighted by molar-refractivity contribution is -0.120. The topological polar surface area (TPSA) is 71.1 Å². The van der Waals surface area contributed by atoms with Gasteiger partial charge in [-0.15, -0.1) is 0 Å². The number of rotatable bonds is 5. The van der Waals surface area contributed by atoms with E-state index in [1.807, 2.05) is 31.2 Å². The minimum atomic E-state index is -0.199. The lowest BCUT2D eigenvalue weighted by Crippen LogP contribution is -2.21. The summed E-state index contributed by atoms with van der Waals surface area (Å²) in [6.07, 6.45) is 3.61. The van der Waals surface area contributed by atoms with Crippen molar-refractivity contribution in [3.8, 4) is 0 Å². The maximum atomic E-state index is 11.9. The van der Waals surface area contributed by atoms with Gasteiger partial charge in [-0.3, -0.25) is 14.6 Å². The maximum Gasteiger partial charge on any atom is 0.257 e. The lowest BCUT2D eigenvalue weighted by atomic mass is 10.2. The predicted molar refractivity (Wildman–Crippen MR) is 80.8 cm³/mol. The SMILES string of the molecule is CCC(=O)NCc1ccc(NC(=O)c2cccnc2)cc1.